The third-order valence-electron chi connectivity index (χ3n) is 1.36. The number of nitrogens with zero attached hydrogens (tertiary/aromatic N) is 2. The Morgan fingerprint density at radius 2 is 2.25 bits per heavy atom. The minimum absolute atomic E-state index is 0.0520. The van der Waals surface area contributed by atoms with Crippen LogP contribution >= 0.6 is 0 Å². The van der Waals surface area contributed by atoms with E-state index in [2.05, 4.69) is 20.5 Å². The van der Waals surface area contributed by atoms with Crippen molar-refractivity contribution in [3.05, 3.63) is 5.82 Å². The molecule has 0 spiro atoms. The number of carbonyl (C=O) groups is 1. The van der Waals surface area contributed by atoms with E-state index in [1.165, 1.54) is 0 Å². The molecule has 1 rings (SSSR count). The van der Waals surface area contributed by atoms with Crippen LogP contribution in [-0.2, 0) is 4.79 Å². The van der Waals surface area contributed by atoms with E-state index >= 15 is 0 Å². The lowest BCUT2D eigenvalue weighted by atomic mass is 10.2. The van der Waals surface area contributed by atoms with Gasteiger partial charge in [-0.2, -0.15) is 4.98 Å². The molecule has 0 radical (unpaired) electrons. The van der Waals surface area contributed by atoms with E-state index in [-0.39, 0.29) is 11.8 Å². The molecule has 1 heterocycles. The van der Waals surface area contributed by atoms with Gasteiger partial charge >= 0.3 is 0 Å². The molecular weight excluding hydrogens is 156 g/mol. The summed E-state index contributed by atoms with van der Waals surface area (Å²) in [6, 6.07) is 0. The maximum Gasteiger partial charge on any atom is 0.248 e. The molecule has 1 amide bonds. The molecular formula is C7H12N4O. The number of H-pyrrole nitrogens is 1. The van der Waals surface area contributed by atoms with E-state index in [9.17, 15) is 4.79 Å². The van der Waals surface area contributed by atoms with E-state index in [1.807, 2.05) is 13.8 Å². The van der Waals surface area contributed by atoms with Gasteiger partial charge in [-0.05, 0) is 6.92 Å². The summed E-state index contributed by atoms with van der Waals surface area (Å²) in [5.41, 5.74) is 0. The monoisotopic (exact) mass is 168 g/mol. The van der Waals surface area contributed by atoms with Crippen molar-refractivity contribution in [2.45, 2.75) is 20.8 Å². The minimum atomic E-state index is -0.0750. The predicted molar refractivity (Wildman–Crippen MR) is 44.6 cm³/mol. The number of aryl methyl sites for hydroxylation is 1. The van der Waals surface area contributed by atoms with Gasteiger partial charge in [-0.1, -0.05) is 13.8 Å². The van der Waals surface area contributed by atoms with Gasteiger partial charge in [-0.15, -0.1) is 5.10 Å². The second kappa shape index (κ2) is 3.34. The number of anilines is 1. The Kier molecular flexibility index (Phi) is 2.42. The molecule has 0 aliphatic carbocycles. The van der Waals surface area contributed by atoms with Crippen molar-refractivity contribution >= 4 is 11.9 Å². The molecule has 5 heteroatoms. The lowest BCUT2D eigenvalue weighted by Gasteiger charge is -2.01. The highest BCUT2D eigenvalue weighted by Gasteiger charge is 2.08. The summed E-state index contributed by atoms with van der Waals surface area (Å²) in [5.74, 6) is 0.901. The summed E-state index contributed by atoms with van der Waals surface area (Å²) in [6.45, 7) is 5.40. The summed E-state index contributed by atoms with van der Waals surface area (Å²) < 4.78 is 0. The molecule has 1 aromatic heterocycles. The van der Waals surface area contributed by atoms with Gasteiger partial charge in [0.25, 0.3) is 0 Å². The fourth-order valence-corrected chi connectivity index (χ4v) is 0.653. The molecule has 0 saturated carbocycles. The average Bonchev–Trinajstić information content (AvgIpc) is 2.35. The second-order valence-electron chi connectivity index (χ2n) is 2.89. The van der Waals surface area contributed by atoms with Crippen molar-refractivity contribution in [1.29, 1.82) is 0 Å². The zero-order valence-corrected chi connectivity index (χ0v) is 7.38. The van der Waals surface area contributed by atoms with Crippen LogP contribution in [0.25, 0.3) is 0 Å². The Hall–Kier alpha value is -1.39. The summed E-state index contributed by atoms with van der Waals surface area (Å²) in [7, 11) is 0. The van der Waals surface area contributed by atoms with E-state index < -0.39 is 0 Å². The molecule has 0 unspecified atom stereocenters. The molecule has 66 valence electrons. The van der Waals surface area contributed by atoms with Crippen LogP contribution in [0, 0.1) is 12.8 Å². The highest BCUT2D eigenvalue weighted by Crippen LogP contribution is 2.00. The quantitative estimate of drug-likeness (QED) is 0.683. The van der Waals surface area contributed by atoms with Crippen LogP contribution in [-0.4, -0.2) is 21.1 Å². The van der Waals surface area contributed by atoms with Gasteiger partial charge in [0.2, 0.25) is 11.9 Å². The molecule has 0 atom stereocenters. The van der Waals surface area contributed by atoms with Crippen molar-refractivity contribution in [2.24, 2.45) is 5.92 Å². The number of rotatable bonds is 2. The van der Waals surface area contributed by atoms with E-state index in [1.54, 1.807) is 6.92 Å². The Bertz CT molecular complexity index is 279. The Morgan fingerprint density at radius 3 is 2.67 bits per heavy atom. The van der Waals surface area contributed by atoms with Crippen LogP contribution in [0.3, 0.4) is 0 Å². The Labute approximate surface area is 70.6 Å². The molecule has 12 heavy (non-hydrogen) atoms. The molecule has 0 saturated heterocycles. The van der Waals surface area contributed by atoms with Crippen LogP contribution < -0.4 is 5.32 Å². The molecule has 2 N–H and O–H groups in total. The standard InChI is InChI=1S/C7H12N4O/c1-4(2)6(12)9-7-8-5(3)10-11-7/h4H,1-3H3,(H2,8,9,10,11,12). The van der Waals surface area contributed by atoms with Crippen molar-refractivity contribution < 1.29 is 4.79 Å². The van der Waals surface area contributed by atoms with Crippen molar-refractivity contribution in [3.63, 3.8) is 0 Å². The fraction of sp³-hybridized carbons (Fsp3) is 0.571. The van der Waals surface area contributed by atoms with Crippen molar-refractivity contribution in [2.75, 3.05) is 5.32 Å². The van der Waals surface area contributed by atoms with Crippen LogP contribution in [0.15, 0.2) is 0 Å². The first-order chi connectivity index (χ1) is 5.59. The van der Waals surface area contributed by atoms with Gasteiger partial charge in [0, 0.05) is 5.92 Å². The molecule has 0 aliphatic heterocycles. The van der Waals surface area contributed by atoms with Crippen molar-refractivity contribution in [3.8, 4) is 0 Å². The van der Waals surface area contributed by atoms with Crippen LogP contribution in [0.1, 0.15) is 19.7 Å². The number of amides is 1. The van der Waals surface area contributed by atoms with Crippen LogP contribution in [0.2, 0.25) is 0 Å². The van der Waals surface area contributed by atoms with Gasteiger partial charge in [0.1, 0.15) is 5.82 Å². The normalized spacial score (nSPS) is 10.3. The fourth-order valence-electron chi connectivity index (χ4n) is 0.653. The average molecular weight is 168 g/mol. The lowest BCUT2D eigenvalue weighted by Crippen LogP contribution is -2.18. The predicted octanol–water partition coefficient (Wildman–Crippen LogP) is 0.708. The van der Waals surface area contributed by atoms with Gasteiger partial charge in [-0.3, -0.25) is 15.2 Å². The maximum absolute atomic E-state index is 11.1. The number of aromatic amines is 1. The minimum Gasteiger partial charge on any atom is -0.293 e. The Balaban J connectivity index is 2.58. The van der Waals surface area contributed by atoms with E-state index in [0.717, 1.165) is 0 Å². The van der Waals surface area contributed by atoms with E-state index in [4.69, 9.17) is 0 Å². The number of aromatic nitrogens is 3. The summed E-state index contributed by atoms with van der Waals surface area (Å²) in [4.78, 5) is 15.1. The van der Waals surface area contributed by atoms with Gasteiger partial charge < -0.3 is 0 Å². The molecule has 0 bridgehead atoms. The molecule has 0 aliphatic rings. The second-order valence-corrected chi connectivity index (χ2v) is 2.89. The highest BCUT2D eigenvalue weighted by molar-refractivity contribution is 5.90. The smallest absolute Gasteiger partial charge is 0.248 e. The topological polar surface area (TPSA) is 70.7 Å². The molecule has 5 nitrogen and oxygen atoms in total. The third kappa shape index (κ3) is 2.05. The molecule has 1 aromatic rings. The Morgan fingerprint density at radius 1 is 1.58 bits per heavy atom. The van der Waals surface area contributed by atoms with Gasteiger partial charge in [0.05, 0.1) is 0 Å². The zero-order chi connectivity index (χ0) is 9.14. The third-order valence-corrected chi connectivity index (χ3v) is 1.36. The van der Waals surface area contributed by atoms with Crippen molar-refractivity contribution in [1.82, 2.24) is 15.2 Å². The first-order valence-electron chi connectivity index (χ1n) is 3.79. The number of hydrogen-bond acceptors (Lipinski definition) is 3. The summed E-state index contributed by atoms with van der Waals surface area (Å²) >= 11 is 0. The number of hydrogen-bond donors (Lipinski definition) is 2. The largest absolute Gasteiger partial charge is 0.293 e. The lowest BCUT2D eigenvalue weighted by molar-refractivity contribution is -0.118. The van der Waals surface area contributed by atoms with Gasteiger partial charge in [-0.25, -0.2) is 0 Å². The van der Waals surface area contributed by atoms with Crippen LogP contribution in [0.5, 0.6) is 0 Å². The van der Waals surface area contributed by atoms with E-state index in [0.29, 0.717) is 11.8 Å². The summed E-state index contributed by atoms with van der Waals surface area (Å²) in [5, 5.41) is 8.98. The first-order valence-corrected chi connectivity index (χ1v) is 3.79. The van der Waals surface area contributed by atoms with Crippen LogP contribution in [0.4, 0.5) is 5.95 Å². The summed E-state index contributed by atoms with van der Waals surface area (Å²) in [6.07, 6.45) is 0. The SMILES string of the molecule is Cc1nc(NC(=O)C(C)C)n[nH]1. The maximum atomic E-state index is 11.1. The first kappa shape index (κ1) is 8.70. The number of nitrogens with one attached hydrogen (secondary N) is 2. The number of carbonyl (C=O) groups excluding carboxylic acids is 1. The highest BCUT2D eigenvalue weighted by atomic mass is 16.2. The molecule has 0 aromatic carbocycles. The zero-order valence-electron chi connectivity index (χ0n) is 7.38. The van der Waals surface area contributed by atoms with Gasteiger partial charge in [0.15, 0.2) is 0 Å². The molecule has 0 fully saturated rings.